The van der Waals surface area contributed by atoms with Crippen LogP contribution in [0.1, 0.15) is 26.3 Å². The molecule has 0 aromatic carbocycles. The lowest BCUT2D eigenvalue weighted by Crippen LogP contribution is -2.15. The lowest BCUT2D eigenvalue weighted by Gasteiger charge is -2.19. The quantitative estimate of drug-likeness (QED) is 0.547. The van der Waals surface area contributed by atoms with Gasteiger partial charge in [0.1, 0.15) is 12.0 Å². The summed E-state index contributed by atoms with van der Waals surface area (Å²) in [5, 5.41) is 10.5. The summed E-state index contributed by atoms with van der Waals surface area (Å²) < 4.78 is 0. The molecule has 0 saturated heterocycles. The average Bonchev–Trinajstić information content (AvgIpc) is 2.02. The smallest absolute Gasteiger partial charge is 0.288 e. The minimum absolute atomic E-state index is 0.0240. The molecule has 5 nitrogen and oxygen atoms in total. The molecule has 0 aliphatic rings. The number of pyridine rings is 1. The zero-order valence-electron chi connectivity index (χ0n) is 8.44. The van der Waals surface area contributed by atoms with Crippen LogP contribution in [0.4, 0.5) is 11.5 Å². The zero-order valence-corrected chi connectivity index (χ0v) is 8.44. The van der Waals surface area contributed by atoms with Gasteiger partial charge in [-0.2, -0.15) is 0 Å². The molecule has 1 heterocycles. The van der Waals surface area contributed by atoms with Gasteiger partial charge < -0.3 is 5.73 Å². The highest BCUT2D eigenvalue weighted by molar-refractivity contribution is 5.49. The molecule has 0 fully saturated rings. The van der Waals surface area contributed by atoms with Crippen molar-refractivity contribution in [1.29, 1.82) is 0 Å². The fraction of sp³-hybridized carbons (Fsp3) is 0.444. The van der Waals surface area contributed by atoms with E-state index in [1.807, 2.05) is 20.8 Å². The average molecular weight is 195 g/mol. The maximum Gasteiger partial charge on any atom is 0.288 e. The minimum Gasteiger partial charge on any atom is -0.383 e. The molecule has 0 aliphatic heterocycles. The van der Waals surface area contributed by atoms with E-state index in [-0.39, 0.29) is 11.1 Å². The summed E-state index contributed by atoms with van der Waals surface area (Å²) >= 11 is 0. The number of nitrogens with zero attached hydrogens (tertiary/aromatic N) is 2. The van der Waals surface area contributed by atoms with E-state index >= 15 is 0 Å². The lowest BCUT2D eigenvalue weighted by molar-refractivity contribution is -0.385. The number of rotatable bonds is 1. The van der Waals surface area contributed by atoms with Gasteiger partial charge in [-0.1, -0.05) is 20.8 Å². The van der Waals surface area contributed by atoms with E-state index in [9.17, 15) is 10.1 Å². The number of aromatic nitrogens is 1. The molecule has 1 aromatic rings. The van der Waals surface area contributed by atoms with Gasteiger partial charge in [-0.05, 0) is 5.41 Å². The zero-order chi connectivity index (χ0) is 10.9. The van der Waals surface area contributed by atoms with Crippen molar-refractivity contribution in [2.75, 3.05) is 5.73 Å². The number of nitrogen functional groups attached to an aromatic ring is 1. The van der Waals surface area contributed by atoms with Crippen molar-refractivity contribution in [1.82, 2.24) is 4.98 Å². The number of hydrogen-bond donors (Lipinski definition) is 1. The third-order valence-electron chi connectivity index (χ3n) is 1.92. The first-order valence-electron chi connectivity index (χ1n) is 4.23. The molecule has 0 bridgehead atoms. The van der Waals surface area contributed by atoms with E-state index in [2.05, 4.69) is 4.98 Å². The Labute approximate surface area is 82.1 Å². The summed E-state index contributed by atoms with van der Waals surface area (Å²) in [5.41, 5.74) is 6.09. The molecule has 0 aliphatic carbocycles. The van der Waals surface area contributed by atoms with Gasteiger partial charge in [0, 0.05) is 11.6 Å². The monoisotopic (exact) mass is 195 g/mol. The molecule has 2 N–H and O–H groups in total. The maximum atomic E-state index is 10.5. The molecular weight excluding hydrogens is 182 g/mol. The van der Waals surface area contributed by atoms with Crippen molar-refractivity contribution in [2.45, 2.75) is 26.2 Å². The van der Waals surface area contributed by atoms with Crippen LogP contribution in [0.3, 0.4) is 0 Å². The number of anilines is 1. The number of hydrogen-bond acceptors (Lipinski definition) is 4. The highest BCUT2D eigenvalue weighted by atomic mass is 16.6. The first kappa shape index (κ1) is 10.4. The Kier molecular flexibility index (Phi) is 2.42. The predicted molar refractivity (Wildman–Crippen MR) is 54.0 cm³/mol. The van der Waals surface area contributed by atoms with Crippen LogP contribution in [0.25, 0.3) is 0 Å². The predicted octanol–water partition coefficient (Wildman–Crippen LogP) is 1.87. The SMILES string of the molecule is CC(C)(C)c1cc([N+](=O)[O-])cnc1N. The second kappa shape index (κ2) is 3.25. The van der Waals surface area contributed by atoms with Crippen LogP contribution >= 0.6 is 0 Å². The van der Waals surface area contributed by atoms with Crippen LogP contribution in [0.5, 0.6) is 0 Å². The summed E-state index contributed by atoms with van der Waals surface area (Å²) in [6.07, 6.45) is 1.17. The standard InChI is InChI=1S/C9H13N3O2/c1-9(2,3)7-4-6(12(13)14)5-11-8(7)10/h4-5H,1-3H3,(H2,10,11). The Morgan fingerprint density at radius 2 is 2.07 bits per heavy atom. The molecule has 0 saturated carbocycles. The summed E-state index contributed by atoms with van der Waals surface area (Å²) in [6, 6.07) is 1.47. The number of nitrogens with two attached hydrogens (primary N) is 1. The Morgan fingerprint density at radius 3 is 2.50 bits per heavy atom. The fourth-order valence-corrected chi connectivity index (χ4v) is 1.16. The molecule has 0 amide bonds. The maximum absolute atomic E-state index is 10.5. The van der Waals surface area contributed by atoms with Gasteiger partial charge >= 0.3 is 0 Å². The molecule has 14 heavy (non-hydrogen) atoms. The molecule has 1 aromatic heterocycles. The van der Waals surface area contributed by atoms with Gasteiger partial charge in [0.25, 0.3) is 5.69 Å². The fourth-order valence-electron chi connectivity index (χ4n) is 1.16. The van der Waals surface area contributed by atoms with Crippen LogP contribution in [-0.2, 0) is 5.41 Å². The summed E-state index contributed by atoms with van der Waals surface area (Å²) in [4.78, 5) is 13.8. The number of nitro groups is 1. The summed E-state index contributed by atoms with van der Waals surface area (Å²) in [6.45, 7) is 5.80. The second-order valence-corrected chi connectivity index (χ2v) is 4.13. The molecule has 0 spiro atoms. The Hall–Kier alpha value is -1.65. The van der Waals surface area contributed by atoms with Crippen molar-refractivity contribution in [3.8, 4) is 0 Å². The van der Waals surface area contributed by atoms with Gasteiger partial charge in [-0.15, -0.1) is 0 Å². The van der Waals surface area contributed by atoms with E-state index in [0.29, 0.717) is 11.4 Å². The van der Waals surface area contributed by atoms with Crippen LogP contribution in [0.15, 0.2) is 12.3 Å². The molecule has 0 radical (unpaired) electrons. The van der Waals surface area contributed by atoms with Crippen LogP contribution < -0.4 is 5.73 Å². The second-order valence-electron chi connectivity index (χ2n) is 4.13. The van der Waals surface area contributed by atoms with Crippen LogP contribution in [0, 0.1) is 10.1 Å². The molecule has 0 unspecified atom stereocenters. The molecule has 76 valence electrons. The summed E-state index contributed by atoms with van der Waals surface area (Å²) in [5.74, 6) is 0.350. The van der Waals surface area contributed by atoms with Gasteiger partial charge in [0.05, 0.1) is 4.92 Å². The van der Waals surface area contributed by atoms with E-state index in [1.165, 1.54) is 12.3 Å². The summed E-state index contributed by atoms with van der Waals surface area (Å²) in [7, 11) is 0. The van der Waals surface area contributed by atoms with E-state index in [4.69, 9.17) is 5.73 Å². The minimum atomic E-state index is -0.471. The van der Waals surface area contributed by atoms with Crippen molar-refractivity contribution in [3.63, 3.8) is 0 Å². The molecule has 1 rings (SSSR count). The van der Waals surface area contributed by atoms with Crippen molar-refractivity contribution >= 4 is 11.5 Å². The van der Waals surface area contributed by atoms with Crippen molar-refractivity contribution in [3.05, 3.63) is 27.9 Å². The first-order chi connectivity index (χ1) is 6.32. The topological polar surface area (TPSA) is 82.0 Å². The lowest BCUT2D eigenvalue weighted by atomic mass is 9.87. The normalized spacial score (nSPS) is 11.4. The Bertz CT molecular complexity index is 369. The van der Waals surface area contributed by atoms with Crippen LogP contribution in [0.2, 0.25) is 0 Å². The van der Waals surface area contributed by atoms with E-state index < -0.39 is 4.92 Å². The Balaban J connectivity index is 3.29. The van der Waals surface area contributed by atoms with Crippen molar-refractivity contribution in [2.24, 2.45) is 0 Å². The van der Waals surface area contributed by atoms with Crippen LogP contribution in [-0.4, -0.2) is 9.91 Å². The molecule has 5 heteroatoms. The third-order valence-corrected chi connectivity index (χ3v) is 1.92. The largest absolute Gasteiger partial charge is 0.383 e. The first-order valence-corrected chi connectivity index (χ1v) is 4.23. The van der Waals surface area contributed by atoms with Gasteiger partial charge in [-0.25, -0.2) is 4.98 Å². The van der Waals surface area contributed by atoms with Gasteiger partial charge in [0.2, 0.25) is 0 Å². The third kappa shape index (κ3) is 1.99. The van der Waals surface area contributed by atoms with E-state index in [1.54, 1.807) is 0 Å². The molecule has 0 atom stereocenters. The van der Waals surface area contributed by atoms with Gasteiger partial charge in [-0.3, -0.25) is 10.1 Å². The Morgan fingerprint density at radius 1 is 1.50 bits per heavy atom. The van der Waals surface area contributed by atoms with Crippen molar-refractivity contribution < 1.29 is 4.92 Å². The van der Waals surface area contributed by atoms with Gasteiger partial charge in [0.15, 0.2) is 0 Å². The highest BCUT2D eigenvalue weighted by Crippen LogP contribution is 2.28. The van der Waals surface area contributed by atoms with E-state index in [0.717, 1.165) is 0 Å². The highest BCUT2D eigenvalue weighted by Gasteiger charge is 2.21. The molecular formula is C9H13N3O2.